The minimum Gasteiger partial charge on any atom is -0.317 e. The van der Waals surface area contributed by atoms with Crippen LogP contribution in [0.15, 0.2) is 0 Å². The van der Waals surface area contributed by atoms with Crippen molar-refractivity contribution in [2.45, 2.75) is 91.4 Å². The average Bonchev–Trinajstić information content (AvgIpc) is 2.39. The highest BCUT2D eigenvalue weighted by Gasteiger charge is 2.06. The van der Waals surface area contributed by atoms with Crippen LogP contribution >= 0.6 is 0 Å². The molecule has 1 N–H and O–H groups in total. The minimum atomic E-state index is 0.926. The first-order chi connectivity index (χ1) is 8.85. The Hall–Kier alpha value is -0.0400. The van der Waals surface area contributed by atoms with Crippen LogP contribution in [0.4, 0.5) is 0 Å². The molecular weight excluding hydrogens is 218 g/mol. The molecule has 0 rings (SSSR count). The van der Waals surface area contributed by atoms with E-state index in [1.54, 1.807) is 0 Å². The highest BCUT2D eigenvalue weighted by molar-refractivity contribution is 4.62. The largest absolute Gasteiger partial charge is 0.317 e. The van der Waals surface area contributed by atoms with Crippen LogP contribution < -0.4 is 5.32 Å². The zero-order valence-electron chi connectivity index (χ0n) is 13.3. The second-order valence-electron chi connectivity index (χ2n) is 5.73. The van der Waals surface area contributed by atoms with Crippen molar-refractivity contribution in [3.8, 4) is 0 Å². The first-order valence-corrected chi connectivity index (χ1v) is 8.55. The molecule has 0 bridgehead atoms. The fraction of sp³-hybridized carbons (Fsp3) is 1.00. The molecule has 0 spiro atoms. The van der Waals surface area contributed by atoms with Gasteiger partial charge < -0.3 is 5.32 Å². The second kappa shape index (κ2) is 15.0. The lowest BCUT2D eigenvalue weighted by Gasteiger charge is -2.16. The van der Waals surface area contributed by atoms with E-state index in [1.807, 2.05) is 0 Å². The van der Waals surface area contributed by atoms with Gasteiger partial charge in [-0.05, 0) is 31.8 Å². The van der Waals surface area contributed by atoms with Gasteiger partial charge in [-0.2, -0.15) is 0 Å². The van der Waals surface area contributed by atoms with E-state index in [-0.39, 0.29) is 0 Å². The van der Waals surface area contributed by atoms with Crippen molar-refractivity contribution in [1.29, 1.82) is 0 Å². The van der Waals surface area contributed by atoms with Crippen LogP contribution in [0, 0.1) is 5.92 Å². The van der Waals surface area contributed by atoms with E-state index in [0.717, 1.165) is 12.5 Å². The van der Waals surface area contributed by atoms with Crippen molar-refractivity contribution in [3.63, 3.8) is 0 Å². The maximum absolute atomic E-state index is 3.51. The summed E-state index contributed by atoms with van der Waals surface area (Å²) in [7, 11) is 0. The molecule has 1 atom stereocenters. The number of nitrogens with one attached hydrogen (secondary N) is 1. The van der Waals surface area contributed by atoms with Gasteiger partial charge in [-0.3, -0.25) is 0 Å². The third-order valence-electron chi connectivity index (χ3n) is 3.85. The number of unbranched alkanes of at least 4 members (excludes halogenated alkanes) is 7. The fourth-order valence-corrected chi connectivity index (χ4v) is 2.67. The summed E-state index contributed by atoms with van der Waals surface area (Å²) in [6.07, 6.45) is 15.7. The number of hydrogen-bond donors (Lipinski definition) is 1. The molecule has 0 saturated carbocycles. The standard InChI is InChI=1S/C17H37N/c1-4-7-8-9-10-11-12-13-15-17(14-5-2)16-18-6-3/h17-18H,4-16H2,1-3H3. The maximum atomic E-state index is 3.51. The van der Waals surface area contributed by atoms with Gasteiger partial charge in [-0.15, -0.1) is 0 Å². The molecular formula is C17H37N. The van der Waals surface area contributed by atoms with Crippen molar-refractivity contribution in [3.05, 3.63) is 0 Å². The Morgan fingerprint density at radius 1 is 0.667 bits per heavy atom. The van der Waals surface area contributed by atoms with E-state index in [9.17, 15) is 0 Å². The summed E-state index contributed by atoms with van der Waals surface area (Å²) < 4.78 is 0. The van der Waals surface area contributed by atoms with E-state index >= 15 is 0 Å². The van der Waals surface area contributed by atoms with Crippen molar-refractivity contribution in [2.24, 2.45) is 5.92 Å². The van der Waals surface area contributed by atoms with Crippen molar-refractivity contribution in [2.75, 3.05) is 13.1 Å². The summed E-state index contributed by atoms with van der Waals surface area (Å²) in [6.45, 7) is 9.17. The fourth-order valence-electron chi connectivity index (χ4n) is 2.67. The summed E-state index contributed by atoms with van der Waals surface area (Å²) >= 11 is 0. The van der Waals surface area contributed by atoms with Crippen molar-refractivity contribution in [1.82, 2.24) is 5.32 Å². The molecule has 0 aromatic carbocycles. The Balaban J connectivity index is 3.31. The first-order valence-electron chi connectivity index (χ1n) is 8.55. The Labute approximate surface area is 116 Å². The molecule has 0 aliphatic rings. The monoisotopic (exact) mass is 255 g/mol. The van der Waals surface area contributed by atoms with Gasteiger partial charge in [0, 0.05) is 0 Å². The highest BCUT2D eigenvalue weighted by atomic mass is 14.8. The van der Waals surface area contributed by atoms with E-state index in [1.165, 1.54) is 77.2 Å². The zero-order valence-corrected chi connectivity index (χ0v) is 13.3. The molecule has 0 aliphatic heterocycles. The number of rotatable bonds is 14. The summed E-state index contributed by atoms with van der Waals surface area (Å²) in [5.41, 5.74) is 0. The van der Waals surface area contributed by atoms with E-state index in [4.69, 9.17) is 0 Å². The molecule has 0 aliphatic carbocycles. The Kier molecular flexibility index (Phi) is 15.0. The molecule has 0 aromatic heterocycles. The average molecular weight is 255 g/mol. The van der Waals surface area contributed by atoms with Gasteiger partial charge in [0.2, 0.25) is 0 Å². The van der Waals surface area contributed by atoms with Crippen LogP contribution in [0.25, 0.3) is 0 Å². The van der Waals surface area contributed by atoms with Crippen LogP contribution in [-0.2, 0) is 0 Å². The van der Waals surface area contributed by atoms with Gasteiger partial charge >= 0.3 is 0 Å². The van der Waals surface area contributed by atoms with E-state index in [2.05, 4.69) is 26.1 Å². The molecule has 1 heteroatoms. The second-order valence-corrected chi connectivity index (χ2v) is 5.73. The van der Waals surface area contributed by atoms with E-state index < -0.39 is 0 Å². The number of hydrogen-bond acceptors (Lipinski definition) is 1. The van der Waals surface area contributed by atoms with Crippen molar-refractivity contribution >= 4 is 0 Å². The van der Waals surface area contributed by atoms with E-state index in [0.29, 0.717) is 0 Å². The Morgan fingerprint density at radius 2 is 1.28 bits per heavy atom. The molecule has 0 aromatic rings. The summed E-state index contributed by atoms with van der Waals surface area (Å²) in [6, 6.07) is 0. The lowest BCUT2D eigenvalue weighted by Crippen LogP contribution is -2.22. The van der Waals surface area contributed by atoms with Gasteiger partial charge in [-0.25, -0.2) is 0 Å². The van der Waals surface area contributed by atoms with Crippen LogP contribution in [-0.4, -0.2) is 13.1 Å². The minimum absolute atomic E-state index is 0.926. The quantitative estimate of drug-likeness (QED) is 0.402. The predicted octanol–water partition coefficient (Wildman–Crippen LogP) is 5.54. The molecule has 1 unspecified atom stereocenters. The molecule has 0 fully saturated rings. The molecule has 0 radical (unpaired) electrons. The molecule has 0 amide bonds. The Morgan fingerprint density at radius 3 is 1.83 bits per heavy atom. The van der Waals surface area contributed by atoms with Crippen LogP contribution in [0.3, 0.4) is 0 Å². The highest BCUT2D eigenvalue weighted by Crippen LogP contribution is 2.16. The molecule has 0 heterocycles. The molecule has 110 valence electrons. The summed E-state index contributed by atoms with van der Waals surface area (Å²) in [5.74, 6) is 0.926. The zero-order chi connectivity index (χ0) is 13.5. The van der Waals surface area contributed by atoms with Gasteiger partial charge in [-0.1, -0.05) is 78.6 Å². The van der Waals surface area contributed by atoms with Crippen LogP contribution in [0.1, 0.15) is 91.4 Å². The lowest BCUT2D eigenvalue weighted by atomic mass is 9.96. The third kappa shape index (κ3) is 12.4. The van der Waals surface area contributed by atoms with Gasteiger partial charge in [0.15, 0.2) is 0 Å². The van der Waals surface area contributed by atoms with Gasteiger partial charge in [0.25, 0.3) is 0 Å². The third-order valence-corrected chi connectivity index (χ3v) is 3.85. The maximum Gasteiger partial charge on any atom is -0.00206 e. The van der Waals surface area contributed by atoms with Crippen LogP contribution in [0.2, 0.25) is 0 Å². The smallest absolute Gasteiger partial charge is 0.00206 e. The van der Waals surface area contributed by atoms with Crippen molar-refractivity contribution < 1.29 is 0 Å². The Bertz CT molecular complexity index is 145. The lowest BCUT2D eigenvalue weighted by molar-refractivity contribution is 0.398. The summed E-state index contributed by atoms with van der Waals surface area (Å²) in [5, 5.41) is 3.51. The normalized spacial score (nSPS) is 12.8. The molecule has 1 nitrogen and oxygen atoms in total. The van der Waals surface area contributed by atoms with Gasteiger partial charge in [0.05, 0.1) is 0 Å². The molecule has 18 heavy (non-hydrogen) atoms. The predicted molar refractivity (Wildman–Crippen MR) is 84.2 cm³/mol. The first kappa shape index (κ1) is 18.0. The topological polar surface area (TPSA) is 12.0 Å². The van der Waals surface area contributed by atoms with Gasteiger partial charge in [0.1, 0.15) is 0 Å². The SMILES string of the molecule is CCCCCCCCCCC(CCC)CNCC. The molecule has 0 saturated heterocycles. The summed E-state index contributed by atoms with van der Waals surface area (Å²) in [4.78, 5) is 0. The van der Waals surface area contributed by atoms with Crippen LogP contribution in [0.5, 0.6) is 0 Å².